The highest BCUT2D eigenvalue weighted by atomic mass is 19.4. The average Bonchev–Trinajstić information content (AvgIpc) is 2.93. The number of hydrogen-bond acceptors (Lipinski definition) is 3. The summed E-state index contributed by atoms with van der Waals surface area (Å²) >= 11 is 0. The first-order valence-corrected chi connectivity index (χ1v) is 4.71. The monoisotopic (exact) mass is 256 g/mol. The lowest BCUT2D eigenvalue weighted by molar-refractivity contribution is -0.162. The van der Waals surface area contributed by atoms with Gasteiger partial charge in [0.15, 0.2) is 6.04 Å². The fraction of sp³-hybridized carbons (Fsp3) is 0.750. The minimum Gasteiger partial charge on any atom is -0.480 e. The quantitative estimate of drug-likeness (QED) is 0.561. The molecule has 0 aromatic rings. The maximum atomic E-state index is 12.4. The zero-order valence-corrected chi connectivity index (χ0v) is 8.54. The SMILES string of the molecule is O=C(NC(CO)C(=O)O)NC1(C(F)(F)F)CC1. The van der Waals surface area contributed by atoms with E-state index < -0.39 is 36.4 Å². The van der Waals surface area contributed by atoms with Gasteiger partial charge in [-0.3, -0.25) is 0 Å². The van der Waals surface area contributed by atoms with Crippen molar-refractivity contribution in [3.63, 3.8) is 0 Å². The van der Waals surface area contributed by atoms with Crippen molar-refractivity contribution in [2.45, 2.75) is 30.6 Å². The van der Waals surface area contributed by atoms with Crippen molar-refractivity contribution in [3.8, 4) is 0 Å². The first-order chi connectivity index (χ1) is 7.72. The van der Waals surface area contributed by atoms with Crippen LogP contribution in [0.25, 0.3) is 0 Å². The summed E-state index contributed by atoms with van der Waals surface area (Å²) in [5.41, 5.74) is -2.25. The molecule has 0 spiro atoms. The van der Waals surface area contributed by atoms with Crippen LogP contribution in [0.2, 0.25) is 0 Å². The summed E-state index contributed by atoms with van der Waals surface area (Å²) in [5.74, 6) is -1.53. The maximum Gasteiger partial charge on any atom is 0.411 e. The second-order valence-corrected chi connectivity index (χ2v) is 3.75. The van der Waals surface area contributed by atoms with Gasteiger partial charge in [-0.2, -0.15) is 13.2 Å². The van der Waals surface area contributed by atoms with Gasteiger partial charge in [-0.15, -0.1) is 0 Å². The highest BCUT2D eigenvalue weighted by Gasteiger charge is 2.64. The summed E-state index contributed by atoms with van der Waals surface area (Å²) in [4.78, 5) is 21.5. The molecule has 0 aromatic carbocycles. The van der Waals surface area contributed by atoms with Crippen molar-refractivity contribution in [3.05, 3.63) is 0 Å². The summed E-state index contributed by atoms with van der Waals surface area (Å²) in [7, 11) is 0. The van der Waals surface area contributed by atoms with Gasteiger partial charge in [0.1, 0.15) is 5.54 Å². The molecule has 1 saturated carbocycles. The number of nitrogens with one attached hydrogen (secondary N) is 2. The smallest absolute Gasteiger partial charge is 0.411 e. The fourth-order valence-corrected chi connectivity index (χ4v) is 1.20. The molecule has 1 fully saturated rings. The van der Waals surface area contributed by atoms with Crippen molar-refractivity contribution < 1.29 is 33.0 Å². The van der Waals surface area contributed by atoms with Gasteiger partial charge in [0.25, 0.3) is 0 Å². The molecule has 98 valence electrons. The van der Waals surface area contributed by atoms with E-state index in [1.54, 1.807) is 10.6 Å². The number of amides is 2. The number of carbonyl (C=O) groups is 2. The molecular formula is C8H11F3N2O4. The zero-order chi connectivity index (χ0) is 13.3. The number of carboxylic acids is 1. The molecule has 6 nitrogen and oxygen atoms in total. The van der Waals surface area contributed by atoms with Crippen molar-refractivity contribution >= 4 is 12.0 Å². The molecule has 0 bridgehead atoms. The van der Waals surface area contributed by atoms with Gasteiger partial charge >= 0.3 is 18.2 Å². The predicted octanol–water partition coefficient (Wildman–Crippen LogP) is -0.174. The van der Waals surface area contributed by atoms with Crippen LogP contribution >= 0.6 is 0 Å². The van der Waals surface area contributed by atoms with Crippen molar-refractivity contribution in [1.29, 1.82) is 0 Å². The second-order valence-electron chi connectivity index (χ2n) is 3.75. The van der Waals surface area contributed by atoms with Crippen LogP contribution in [0.5, 0.6) is 0 Å². The number of aliphatic hydroxyl groups excluding tert-OH is 1. The normalized spacial score (nSPS) is 19.3. The van der Waals surface area contributed by atoms with Crippen LogP contribution in [-0.2, 0) is 4.79 Å². The molecule has 0 aliphatic heterocycles. The third kappa shape index (κ3) is 2.99. The van der Waals surface area contributed by atoms with Crippen LogP contribution in [0.3, 0.4) is 0 Å². The van der Waals surface area contributed by atoms with Crippen LogP contribution in [0.1, 0.15) is 12.8 Å². The second kappa shape index (κ2) is 4.40. The van der Waals surface area contributed by atoms with E-state index >= 15 is 0 Å². The Morgan fingerprint density at radius 2 is 1.88 bits per heavy atom. The van der Waals surface area contributed by atoms with Gasteiger partial charge in [-0.05, 0) is 12.8 Å². The summed E-state index contributed by atoms with van der Waals surface area (Å²) in [5, 5.41) is 20.5. The Kier molecular flexibility index (Phi) is 3.51. The minimum atomic E-state index is -4.57. The zero-order valence-electron chi connectivity index (χ0n) is 8.54. The lowest BCUT2D eigenvalue weighted by Crippen LogP contribution is -2.55. The Hall–Kier alpha value is -1.51. The third-order valence-corrected chi connectivity index (χ3v) is 2.43. The van der Waals surface area contributed by atoms with E-state index in [0.717, 1.165) is 0 Å². The Balaban J connectivity index is 2.54. The van der Waals surface area contributed by atoms with Gasteiger partial charge in [0.2, 0.25) is 0 Å². The number of aliphatic carboxylic acids is 1. The van der Waals surface area contributed by atoms with Crippen molar-refractivity contribution in [2.24, 2.45) is 0 Å². The van der Waals surface area contributed by atoms with E-state index in [1.807, 2.05) is 0 Å². The molecule has 0 saturated heterocycles. The first kappa shape index (κ1) is 13.6. The molecular weight excluding hydrogens is 245 g/mol. The van der Waals surface area contributed by atoms with E-state index in [1.165, 1.54) is 0 Å². The van der Waals surface area contributed by atoms with E-state index in [4.69, 9.17) is 10.2 Å². The molecule has 4 N–H and O–H groups in total. The molecule has 17 heavy (non-hydrogen) atoms. The number of urea groups is 1. The number of carboxylic acid groups (broad SMARTS) is 1. The van der Waals surface area contributed by atoms with Gasteiger partial charge in [0.05, 0.1) is 6.61 Å². The minimum absolute atomic E-state index is 0.235. The molecule has 1 unspecified atom stereocenters. The van der Waals surface area contributed by atoms with Crippen LogP contribution in [0.4, 0.5) is 18.0 Å². The highest BCUT2D eigenvalue weighted by Crippen LogP contribution is 2.48. The fourth-order valence-electron chi connectivity index (χ4n) is 1.20. The summed E-state index contributed by atoms with van der Waals surface area (Å²) in [6.45, 7) is -0.901. The molecule has 0 heterocycles. The van der Waals surface area contributed by atoms with Gasteiger partial charge in [-0.25, -0.2) is 9.59 Å². The number of carbonyl (C=O) groups excluding carboxylic acids is 1. The standard InChI is InChI=1S/C8H11F3N2O4/c9-8(10,11)7(1-2-7)13-6(17)12-4(3-14)5(15)16/h4,14H,1-3H2,(H,15,16)(H2,12,13,17). The van der Waals surface area contributed by atoms with Crippen molar-refractivity contribution in [1.82, 2.24) is 10.6 Å². The Labute approximate surface area is 93.8 Å². The number of halogens is 3. The average molecular weight is 256 g/mol. The lowest BCUT2D eigenvalue weighted by atomic mass is 10.2. The Morgan fingerprint density at radius 1 is 1.35 bits per heavy atom. The van der Waals surface area contributed by atoms with E-state index in [-0.39, 0.29) is 12.8 Å². The van der Waals surface area contributed by atoms with Crippen LogP contribution in [-0.4, -0.2) is 46.6 Å². The molecule has 2 amide bonds. The predicted molar refractivity (Wildman–Crippen MR) is 48.2 cm³/mol. The van der Waals surface area contributed by atoms with Crippen LogP contribution in [0.15, 0.2) is 0 Å². The Bertz CT molecular complexity index is 327. The number of rotatable bonds is 4. The first-order valence-electron chi connectivity index (χ1n) is 4.71. The van der Waals surface area contributed by atoms with E-state index in [9.17, 15) is 22.8 Å². The largest absolute Gasteiger partial charge is 0.480 e. The molecule has 0 radical (unpaired) electrons. The van der Waals surface area contributed by atoms with E-state index in [2.05, 4.69) is 0 Å². The topological polar surface area (TPSA) is 98.7 Å². The summed E-state index contributed by atoms with van der Waals surface area (Å²) in [6.07, 6.45) is -5.04. The summed E-state index contributed by atoms with van der Waals surface area (Å²) < 4.78 is 37.3. The highest BCUT2D eigenvalue weighted by molar-refractivity contribution is 5.83. The molecule has 9 heteroatoms. The summed E-state index contributed by atoms with van der Waals surface area (Å²) in [6, 6.07) is -2.89. The number of hydrogen-bond donors (Lipinski definition) is 4. The molecule has 1 aliphatic rings. The molecule has 1 aliphatic carbocycles. The van der Waals surface area contributed by atoms with Gasteiger partial charge in [0, 0.05) is 0 Å². The lowest BCUT2D eigenvalue weighted by Gasteiger charge is -2.22. The van der Waals surface area contributed by atoms with E-state index in [0.29, 0.717) is 0 Å². The van der Waals surface area contributed by atoms with Gasteiger partial charge in [-0.1, -0.05) is 0 Å². The maximum absolute atomic E-state index is 12.4. The van der Waals surface area contributed by atoms with Crippen molar-refractivity contribution in [2.75, 3.05) is 6.61 Å². The van der Waals surface area contributed by atoms with Crippen LogP contribution < -0.4 is 10.6 Å². The Morgan fingerprint density at radius 3 is 2.18 bits per heavy atom. The third-order valence-electron chi connectivity index (χ3n) is 2.43. The molecule has 1 rings (SSSR count). The number of alkyl halides is 3. The molecule has 0 aromatic heterocycles. The molecule has 1 atom stereocenters. The number of aliphatic hydroxyl groups is 1. The van der Waals surface area contributed by atoms with Crippen LogP contribution in [0, 0.1) is 0 Å². The van der Waals surface area contributed by atoms with Gasteiger partial charge < -0.3 is 20.8 Å².